The van der Waals surface area contributed by atoms with Crippen molar-refractivity contribution in [3.05, 3.63) is 29.8 Å². The van der Waals surface area contributed by atoms with Gasteiger partial charge in [-0.3, -0.25) is 43.8 Å². The first kappa shape index (κ1) is 46.3. The number of terminal acetylenes is 1. The van der Waals surface area contributed by atoms with Gasteiger partial charge in [0.15, 0.2) is 0 Å². The zero-order chi connectivity index (χ0) is 40.4. The number of carbonyl (C=O) groups excluding carboxylic acids is 4. The Morgan fingerprint density at radius 2 is 1.02 bits per heavy atom. The maximum absolute atomic E-state index is 13.3. The van der Waals surface area contributed by atoms with E-state index in [0.717, 1.165) is 5.56 Å². The molecule has 0 unspecified atom stereocenters. The Morgan fingerprint density at radius 3 is 1.37 bits per heavy atom. The van der Waals surface area contributed by atoms with Crippen molar-refractivity contribution in [3.63, 3.8) is 0 Å². The van der Waals surface area contributed by atoms with Crippen LogP contribution in [0.2, 0.25) is 0 Å². The summed E-state index contributed by atoms with van der Waals surface area (Å²) in [4.78, 5) is 64.6. The molecule has 1 heterocycles. The van der Waals surface area contributed by atoms with Crippen molar-refractivity contribution in [3.8, 4) is 18.1 Å². The summed E-state index contributed by atoms with van der Waals surface area (Å²) in [5, 5.41) is 0. The van der Waals surface area contributed by atoms with Gasteiger partial charge < -0.3 is 18.9 Å². The second kappa shape index (κ2) is 22.5. The molecular weight excluding hydrogens is 690 g/mol. The van der Waals surface area contributed by atoms with E-state index >= 15 is 0 Å². The summed E-state index contributed by atoms with van der Waals surface area (Å²) >= 11 is 0. The Labute approximate surface area is 323 Å². The van der Waals surface area contributed by atoms with Crippen molar-refractivity contribution in [2.75, 3.05) is 91.7 Å². The van der Waals surface area contributed by atoms with Gasteiger partial charge in [0.2, 0.25) is 0 Å². The van der Waals surface area contributed by atoms with E-state index in [0.29, 0.717) is 77.5 Å². The molecule has 0 N–H and O–H groups in total. The number of ketones is 1. The monoisotopic (exact) mass is 755 g/mol. The molecule has 0 aromatic heterocycles. The van der Waals surface area contributed by atoms with Gasteiger partial charge in [-0.05, 0) is 98.6 Å². The number of esters is 3. The predicted octanol–water partition coefficient (Wildman–Crippen LogP) is 3.71. The van der Waals surface area contributed by atoms with Crippen molar-refractivity contribution < 1.29 is 38.1 Å². The number of nitrogens with zero attached hydrogens (tertiary/aromatic N) is 5. The van der Waals surface area contributed by atoms with E-state index in [1.54, 1.807) is 6.21 Å². The fraction of sp³-hybridized carbons (Fsp3) is 0.683. The van der Waals surface area contributed by atoms with Crippen LogP contribution in [0.1, 0.15) is 80.7 Å². The van der Waals surface area contributed by atoms with Crippen molar-refractivity contribution in [2.24, 2.45) is 4.99 Å². The molecule has 0 saturated carbocycles. The van der Waals surface area contributed by atoms with Crippen LogP contribution in [-0.2, 0) is 33.4 Å². The van der Waals surface area contributed by atoms with Gasteiger partial charge in [0.1, 0.15) is 34.9 Å². The fourth-order valence-electron chi connectivity index (χ4n) is 5.52. The number of benzene rings is 1. The Kier molecular flexibility index (Phi) is 19.3. The highest BCUT2D eigenvalue weighted by Gasteiger charge is 2.26. The predicted molar refractivity (Wildman–Crippen MR) is 211 cm³/mol. The number of carbonyl (C=O) groups is 4. The Hall–Kier alpha value is -3.83. The molecule has 13 nitrogen and oxygen atoms in total. The lowest BCUT2D eigenvalue weighted by Gasteiger charge is -2.34. The van der Waals surface area contributed by atoms with E-state index in [1.807, 2.05) is 101 Å². The molecule has 1 aliphatic heterocycles. The molecule has 0 spiro atoms. The van der Waals surface area contributed by atoms with Gasteiger partial charge >= 0.3 is 17.9 Å². The highest BCUT2D eigenvalue weighted by Crippen LogP contribution is 2.13. The first-order valence-electron chi connectivity index (χ1n) is 18.9. The van der Waals surface area contributed by atoms with Crippen LogP contribution in [0.25, 0.3) is 0 Å². The maximum Gasteiger partial charge on any atom is 0.320 e. The average molecular weight is 756 g/mol. The number of hydrogen-bond acceptors (Lipinski definition) is 13. The minimum atomic E-state index is -0.631. The van der Waals surface area contributed by atoms with Crippen LogP contribution < -0.4 is 4.74 Å². The van der Waals surface area contributed by atoms with Gasteiger partial charge in [-0.1, -0.05) is 5.92 Å². The third kappa shape index (κ3) is 22.4. The summed E-state index contributed by atoms with van der Waals surface area (Å²) in [7, 11) is 0. The molecular formula is C41H65N5O8. The van der Waals surface area contributed by atoms with Crippen LogP contribution in [0.3, 0.4) is 0 Å². The van der Waals surface area contributed by atoms with Crippen molar-refractivity contribution >= 4 is 29.9 Å². The molecule has 1 aromatic rings. The second-order valence-corrected chi connectivity index (χ2v) is 16.6. The molecule has 1 aliphatic rings. The molecule has 1 fully saturated rings. The van der Waals surface area contributed by atoms with Crippen LogP contribution in [0, 0.1) is 12.3 Å². The molecule has 2 rings (SSSR count). The van der Waals surface area contributed by atoms with Gasteiger partial charge in [-0.15, -0.1) is 6.42 Å². The van der Waals surface area contributed by atoms with E-state index in [-0.39, 0.29) is 56.5 Å². The SMILES string of the molecule is C#CCOc1ccc(C=NCCCC(=O)CN2CCN(CC(=O)OC(C)(C)C)CCN(CC(=O)OC(C)(C)C)CCN(CC(=O)OC(C)(C)C)CC2)cc1. The zero-order valence-corrected chi connectivity index (χ0v) is 34.3. The van der Waals surface area contributed by atoms with Crippen LogP contribution in [0.4, 0.5) is 0 Å². The third-order valence-corrected chi connectivity index (χ3v) is 7.83. The first-order chi connectivity index (χ1) is 25.2. The Morgan fingerprint density at radius 1 is 0.648 bits per heavy atom. The Balaban J connectivity index is 2.16. The fourth-order valence-corrected chi connectivity index (χ4v) is 5.52. The molecule has 54 heavy (non-hydrogen) atoms. The largest absolute Gasteiger partial charge is 0.481 e. The van der Waals surface area contributed by atoms with Gasteiger partial charge in [0.25, 0.3) is 0 Å². The molecule has 0 amide bonds. The average Bonchev–Trinajstić information content (AvgIpc) is 3.02. The van der Waals surface area contributed by atoms with E-state index in [1.165, 1.54) is 0 Å². The summed E-state index contributed by atoms with van der Waals surface area (Å²) in [5.41, 5.74) is -0.966. The number of rotatable bonds is 15. The summed E-state index contributed by atoms with van der Waals surface area (Å²) in [6.45, 7) is 21.6. The molecule has 13 heteroatoms. The molecule has 0 radical (unpaired) electrons. The summed E-state index contributed by atoms with van der Waals surface area (Å²) in [6, 6.07) is 7.47. The molecule has 302 valence electrons. The summed E-state index contributed by atoms with van der Waals surface area (Å²) in [5.74, 6) is 2.20. The maximum atomic E-state index is 13.3. The molecule has 0 aliphatic carbocycles. The van der Waals surface area contributed by atoms with Crippen molar-refractivity contribution in [1.29, 1.82) is 0 Å². The third-order valence-electron chi connectivity index (χ3n) is 7.83. The van der Waals surface area contributed by atoms with Gasteiger partial charge in [0, 0.05) is 71.5 Å². The highest BCUT2D eigenvalue weighted by molar-refractivity contribution is 5.81. The van der Waals surface area contributed by atoms with Gasteiger partial charge in [0.05, 0.1) is 26.2 Å². The van der Waals surface area contributed by atoms with Gasteiger partial charge in [-0.2, -0.15) is 0 Å². The lowest BCUT2D eigenvalue weighted by molar-refractivity contribution is -0.158. The minimum Gasteiger partial charge on any atom is -0.481 e. The normalized spacial score (nSPS) is 16.5. The van der Waals surface area contributed by atoms with Crippen LogP contribution >= 0.6 is 0 Å². The number of hydrogen-bond donors (Lipinski definition) is 0. The summed E-state index contributed by atoms with van der Waals surface area (Å²) < 4.78 is 22.3. The number of ether oxygens (including phenoxy) is 4. The lowest BCUT2D eigenvalue weighted by Crippen LogP contribution is -2.50. The standard InChI is InChI=1S/C41H65N5O8/c1-11-27-51-35-16-14-33(15-17-35)28-42-18-12-13-34(47)29-43-19-21-44(30-36(48)52-39(2,3)4)23-25-46(32-38(50)54-41(8,9)10)26-24-45(22-20-43)31-37(49)53-40(5,6)7/h1,14-17,28H,12-13,18-27,29-32H2,2-10H3. The Bertz CT molecular complexity index is 1360. The van der Waals surface area contributed by atoms with Gasteiger partial charge in [-0.25, -0.2) is 0 Å². The topological polar surface area (TPSA) is 131 Å². The van der Waals surface area contributed by atoms with E-state index in [4.69, 9.17) is 25.4 Å². The van der Waals surface area contributed by atoms with Crippen molar-refractivity contribution in [2.45, 2.75) is 92.0 Å². The van der Waals surface area contributed by atoms with Crippen LogP contribution in [0.5, 0.6) is 5.75 Å². The first-order valence-corrected chi connectivity index (χ1v) is 18.9. The van der Waals surface area contributed by atoms with E-state index in [2.05, 4.69) is 15.8 Å². The smallest absolute Gasteiger partial charge is 0.320 e. The quantitative estimate of drug-likeness (QED) is 0.0851. The van der Waals surface area contributed by atoms with Crippen LogP contribution in [-0.4, -0.2) is 158 Å². The number of aliphatic imine (C=N–C) groups is 1. The molecule has 1 saturated heterocycles. The molecule has 1 aromatic carbocycles. The van der Waals surface area contributed by atoms with Crippen molar-refractivity contribution in [1.82, 2.24) is 19.6 Å². The number of Topliss-reactive ketones (excluding diaryl/α,β-unsaturated/α-hetero) is 1. The van der Waals surface area contributed by atoms with Crippen LogP contribution in [0.15, 0.2) is 29.3 Å². The lowest BCUT2D eigenvalue weighted by atomic mass is 10.2. The van der Waals surface area contributed by atoms with E-state index in [9.17, 15) is 19.2 Å². The minimum absolute atomic E-state index is 0.0664. The highest BCUT2D eigenvalue weighted by atomic mass is 16.6. The van der Waals surface area contributed by atoms with E-state index < -0.39 is 16.8 Å². The zero-order valence-electron chi connectivity index (χ0n) is 34.3. The second-order valence-electron chi connectivity index (χ2n) is 16.6. The summed E-state index contributed by atoms with van der Waals surface area (Å²) in [6.07, 6.45) is 8.00. The molecule has 0 bridgehead atoms. The molecule has 0 atom stereocenters.